The van der Waals surface area contributed by atoms with Crippen LogP contribution < -0.4 is 11.5 Å². The zero-order valence-corrected chi connectivity index (χ0v) is 15.8. The molecule has 0 bridgehead atoms. The van der Waals surface area contributed by atoms with Crippen LogP contribution in [0.3, 0.4) is 0 Å². The lowest BCUT2D eigenvalue weighted by Gasteiger charge is -2.31. The number of hydrogen-bond donors (Lipinski definition) is 2. The minimum absolute atomic E-state index is 0.0427. The molecule has 5 nitrogen and oxygen atoms in total. The van der Waals surface area contributed by atoms with Crippen molar-refractivity contribution in [3.05, 3.63) is 90.4 Å². The fourth-order valence-corrected chi connectivity index (χ4v) is 3.56. The molecule has 1 radical (unpaired) electrons. The molecule has 0 saturated heterocycles. The summed E-state index contributed by atoms with van der Waals surface area (Å²) in [5.41, 5.74) is 16.2. The van der Waals surface area contributed by atoms with Crippen LogP contribution in [0, 0.1) is 12.8 Å². The molecule has 2 aromatic rings. The van der Waals surface area contributed by atoms with Crippen molar-refractivity contribution in [2.24, 2.45) is 17.4 Å². The summed E-state index contributed by atoms with van der Waals surface area (Å²) < 4.78 is 0. The van der Waals surface area contributed by atoms with Gasteiger partial charge in [0.1, 0.15) is 0 Å². The van der Waals surface area contributed by atoms with Crippen LogP contribution in [0.25, 0.3) is 0 Å². The molecule has 2 amide bonds. The summed E-state index contributed by atoms with van der Waals surface area (Å²) in [7, 11) is 0. The Kier molecular flexibility index (Phi) is 6.39. The van der Waals surface area contributed by atoms with Gasteiger partial charge in [-0.15, -0.1) is 0 Å². The Morgan fingerprint density at radius 3 is 2.11 bits per heavy atom. The molecule has 5 heteroatoms. The molecule has 145 valence electrons. The Bertz CT molecular complexity index is 828. The van der Waals surface area contributed by atoms with Gasteiger partial charge in [0.2, 0.25) is 0 Å². The molecular formula is C23H26N3O2. The topological polar surface area (TPSA) is 89.4 Å². The first-order chi connectivity index (χ1) is 13.5. The lowest BCUT2D eigenvalue weighted by Crippen LogP contribution is -2.42. The van der Waals surface area contributed by atoms with Gasteiger partial charge in [0.25, 0.3) is 11.8 Å². The Balaban J connectivity index is 1.75. The van der Waals surface area contributed by atoms with Crippen LogP contribution in [0.15, 0.2) is 66.7 Å². The maximum atomic E-state index is 11.8. The smallest absolute Gasteiger partial charge is 0.253 e. The fraction of sp³-hybridized carbons (Fsp3) is 0.261. The van der Waals surface area contributed by atoms with Gasteiger partial charge in [0.05, 0.1) is 0 Å². The van der Waals surface area contributed by atoms with E-state index in [-0.39, 0.29) is 29.8 Å². The van der Waals surface area contributed by atoms with E-state index in [1.54, 1.807) is 0 Å². The van der Waals surface area contributed by atoms with Crippen LogP contribution in [-0.2, 0) is 16.0 Å². The van der Waals surface area contributed by atoms with Crippen LogP contribution in [0.5, 0.6) is 0 Å². The van der Waals surface area contributed by atoms with Crippen molar-refractivity contribution in [3.8, 4) is 0 Å². The van der Waals surface area contributed by atoms with Crippen LogP contribution >= 0.6 is 0 Å². The summed E-state index contributed by atoms with van der Waals surface area (Å²) >= 11 is 0. The van der Waals surface area contributed by atoms with Gasteiger partial charge in [-0.25, -0.2) is 0 Å². The molecule has 1 aliphatic heterocycles. The third-order valence-electron chi connectivity index (χ3n) is 5.28. The van der Waals surface area contributed by atoms with E-state index in [1.807, 2.05) is 42.5 Å². The van der Waals surface area contributed by atoms with E-state index < -0.39 is 0 Å². The first-order valence-corrected chi connectivity index (χ1v) is 9.46. The molecule has 0 saturated carbocycles. The lowest BCUT2D eigenvalue weighted by atomic mass is 9.82. The minimum Gasteiger partial charge on any atom is -0.327 e. The predicted molar refractivity (Wildman–Crippen MR) is 110 cm³/mol. The summed E-state index contributed by atoms with van der Waals surface area (Å²) in [5, 5.41) is 0. The van der Waals surface area contributed by atoms with Gasteiger partial charge < -0.3 is 11.5 Å². The first kappa shape index (κ1) is 20.0. The van der Waals surface area contributed by atoms with Crippen molar-refractivity contribution in [2.45, 2.75) is 24.9 Å². The summed E-state index contributed by atoms with van der Waals surface area (Å²) in [5.74, 6) is -0.613. The molecule has 1 heterocycles. The number of carbonyl (C=O) groups is 2. The average Bonchev–Trinajstić information content (AvgIpc) is 3.02. The van der Waals surface area contributed by atoms with E-state index in [0.29, 0.717) is 13.0 Å². The van der Waals surface area contributed by atoms with Crippen molar-refractivity contribution in [2.75, 3.05) is 6.54 Å². The van der Waals surface area contributed by atoms with Crippen LogP contribution in [0.1, 0.15) is 29.2 Å². The predicted octanol–water partition coefficient (Wildman–Crippen LogP) is 2.37. The number of amides is 2. The second-order valence-electron chi connectivity index (χ2n) is 7.23. The third kappa shape index (κ3) is 4.74. The normalized spacial score (nSPS) is 17.0. The molecule has 0 unspecified atom stereocenters. The van der Waals surface area contributed by atoms with E-state index in [0.717, 1.165) is 23.1 Å². The molecule has 4 N–H and O–H groups in total. The quantitative estimate of drug-likeness (QED) is 0.692. The fourth-order valence-electron chi connectivity index (χ4n) is 3.56. The summed E-state index contributed by atoms with van der Waals surface area (Å²) in [6.07, 6.45) is 3.80. The lowest BCUT2D eigenvalue weighted by molar-refractivity contribution is -0.136. The van der Waals surface area contributed by atoms with E-state index >= 15 is 0 Å². The molecule has 28 heavy (non-hydrogen) atoms. The Morgan fingerprint density at radius 1 is 0.893 bits per heavy atom. The molecule has 0 aliphatic carbocycles. The molecule has 1 aliphatic rings. The summed E-state index contributed by atoms with van der Waals surface area (Å²) in [6.45, 7) is 4.21. The zero-order valence-electron chi connectivity index (χ0n) is 15.8. The highest BCUT2D eigenvalue weighted by molar-refractivity contribution is 6.12. The number of imide groups is 1. The average molecular weight is 376 g/mol. The van der Waals surface area contributed by atoms with Gasteiger partial charge in [-0.2, -0.15) is 0 Å². The first-order valence-electron chi connectivity index (χ1n) is 9.46. The number of nitrogens with zero attached hydrogens (tertiary/aromatic N) is 1. The van der Waals surface area contributed by atoms with Crippen molar-refractivity contribution in [1.29, 1.82) is 0 Å². The van der Waals surface area contributed by atoms with Gasteiger partial charge in [-0.1, -0.05) is 54.6 Å². The maximum absolute atomic E-state index is 11.8. The van der Waals surface area contributed by atoms with Crippen molar-refractivity contribution >= 4 is 11.8 Å². The molecule has 0 fully saturated rings. The van der Waals surface area contributed by atoms with E-state index in [1.165, 1.54) is 17.1 Å². The highest BCUT2D eigenvalue weighted by atomic mass is 16.2. The second-order valence-corrected chi connectivity index (χ2v) is 7.23. The number of carbonyl (C=O) groups excluding carboxylic acids is 2. The van der Waals surface area contributed by atoms with Crippen LogP contribution in [0.2, 0.25) is 0 Å². The molecule has 3 rings (SSSR count). The largest absolute Gasteiger partial charge is 0.327 e. The van der Waals surface area contributed by atoms with Crippen molar-refractivity contribution in [1.82, 2.24) is 4.90 Å². The zero-order chi connectivity index (χ0) is 20.1. The van der Waals surface area contributed by atoms with Crippen molar-refractivity contribution in [3.63, 3.8) is 0 Å². The van der Waals surface area contributed by atoms with Gasteiger partial charge >= 0.3 is 0 Å². The number of hydrogen-bond acceptors (Lipinski definition) is 4. The maximum Gasteiger partial charge on any atom is 0.253 e. The van der Waals surface area contributed by atoms with Crippen LogP contribution in [0.4, 0.5) is 0 Å². The van der Waals surface area contributed by atoms with E-state index in [4.69, 9.17) is 11.5 Å². The highest BCUT2D eigenvalue weighted by Gasteiger charge is 2.29. The number of benzene rings is 2. The SMILES string of the molecule is [CH2]c1ccc([C@@H](N)[C@@H](Cc2ccccc2)[C@@H](N)CCN2C(=O)C=CC2=O)cc1. The van der Waals surface area contributed by atoms with Gasteiger partial charge in [-0.05, 0) is 42.4 Å². The molecule has 2 aromatic carbocycles. The van der Waals surface area contributed by atoms with Crippen molar-refractivity contribution < 1.29 is 9.59 Å². The molecule has 0 aromatic heterocycles. The number of rotatable bonds is 8. The Hall–Kier alpha value is -2.76. The highest BCUT2D eigenvalue weighted by Crippen LogP contribution is 2.27. The summed E-state index contributed by atoms with van der Waals surface area (Å²) in [6, 6.07) is 17.4. The number of nitrogens with two attached hydrogens (primary N) is 2. The van der Waals surface area contributed by atoms with Gasteiger partial charge in [0.15, 0.2) is 0 Å². The van der Waals surface area contributed by atoms with E-state index in [9.17, 15) is 9.59 Å². The van der Waals surface area contributed by atoms with Crippen LogP contribution in [-0.4, -0.2) is 29.3 Å². The Morgan fingerprint density at radius 2 is 1.50 bits per heavy atom. The van der Waals surface area contributed by atoms with E-state index in [2.05, 4.69) is 19.1 Å². The minimum atomic E-state index is -0.285. The monoisotopic (exact) mass is 376 g/mol. The van der Waals surface area contributed by atoms with Gasteiger partial charge in [-0.3, -0.25) is 14.5 Å². The standard InChI is InChI=1S/C23H26N3O2/c1-16-7-9-18(10-8-16)23(25)19(15-17-5-3-2-4-6-17)20(24)13-14-26-21(27)11-12-22(26)28/h2-12,19-20,23H,1,13-15,24-25H2/t19-,20-,23+/m0/s1. The molecule has 0 spiro atoms. The summed E-state index contributed by atoms with van der Waals surface area (Å²) in [4.78, 5) is 24.8. The molecule has 3 atom stereocenters. The third-order valence-corrected chi connectivity index (χ3v) is 5.28. The Labute approximate surface area is 166 Å². The molecular weight excluding hydrogens is 350 g/mol. The second kappa shape index (κ2) is 8.95. The van der Waals surface area contributed by atoms with Gasteiger partial charge in [0, 0.05) is 30.8 Å².